The molecular weight excluding hydrogens is 352 g/mol. The molecule has 0 saturated carbocycles. The Labute approximate surface area is 162 Å². The first kappa shape index (κ1) is 17.8. The molecule has 0 fully saturated rings. The van der Waals surface area contributed by atoms with Gasteiger partial charge in [0, 0.05) is 29.2 Å². The molecule has 4 rings (SSSR count). The van der Waals surface area contributed by atoms with Crippen molar-refractivity contribution in [1.82, 2.24) is 4.57 Å². The molecule has 0 aliphatic heterocycles. The summed E-state index contributed by atoms with van der Waals surface area (Å²) in [5.41, 5.74) is 0.682. The number of hydrogen-bond donors (Lipinski definition) is 1. The number of ether oxygens (including phenoxy) is 1. The number of hydrogen-bond acceptors (Lipinski definition) is 3. The first-order valence-electron chi connectivity index (χ1n) is 9.20. The van der Waals surface area contributed by atoms with Crippen LogP contribution in [0.5, 0.6) is 5.75 Å². The Morgan fingerprint density at radius 3 is 2.54 bits per heavy atom. The van der Waals surface area contributed by atoms with Crippen molar-refractivity contribution < 1.29 is 9.53 Å². The lowest BCUT2D eigenvalue weighted by Gasteiger charge is -2.12. The molecule has 5 nitrogen and oxygen atoms in total. The van der Waals surface area contributed by atoms with E-state index in [0.717, 1.165) is 16.5 Å². The summed E-state index contributed by atoms with van der Waals surface area (Å²) in [5.74, 6) is 0.265. The van der Waals surface area contributed by atoms with Gasteiger partial charge in [-0.2, -0.15) is 0 Å². The van der Waals surface area contributed by atoms with Gasteiger partial charge in [-0.1, -0.05) is 42.5 Å². The number of nitrogens with zero attached hydrogens (tertiary/aromatic N) is 1. The van der Waals surface area contributed by atoms with Crippen LogP contribution in [-0.4, -0.2) is 17.1 Å². The highest BCUT2D eigenvalue weighted by Crippen LogP contribution is 2.24. The Hall–Kier alpha value is -3.60. The highest BCUT2D eigenvalue weighted by molar-refractivity contribution is 6.02. The number of pyridine rings is 1. The minimum Gasteiger partial charge on any atom is -0.483 e. The van der Waals surface area contributed by atoms with Crippen molar-refractivity contribution in [3.63, 3.8) is 0 Å². The number of rotatable bonds is 5. The Bertz CT molecular complexity index is 1220. The van der Waals surface area contributed by atoms with Crippen molar-refractivity contribution in [2.45, 2.75) is 13.5 Å². The predicted molar refractivity (Wildman–Crippen MR) is 112 cm³/mol. The third-order valence-electron chi connectivity index (χ3n) is 4.74. The summed E-state index contributed by atoms with van der Waals surface area (Å²) >= 11 is 0. The molecule has 1 amide bonds. The monoisotopic (exact) mass is 372 g/mol. The van der Waals surface area contributed by atoms with Crippen molar-refractivity contribution in [3.8, 4) is 5.75 Å². The molecule has 0 bridgehead atoms. The van der Waals surface area contributed by atoms with Gasteiger partial charge in [0.15, 0.2) is 6.61 Å². The lowest BCUT2D eigenvalue weighted by molar-refractivity contribution is -0.118. The van der Waals surface area contributed by atoms with Crippen LogP contribution in [0, 0.1) is 0 Å². The molecule has 1 aromatic heterocycles. The van der Waals surface area contributed by atoms with E-state index in [1.54, 1.807) is 29.0 Å². The second-order valence-electron chi connectivity index (χ2n) is 6.49. The van der Waals surface area contributed by atoms with Crippen LogP contribution in [0.25, 0.3) is 21.5 Å². The van der Waals surface area contributed by atoms with E-state index in [4.69, 9.17) is 4.74 Å². The molecule has 0 radical (unpaired) electrons. The van der Waals surface area contributed by atoms with Crippen LogP contribution >= 0.6 is 0 Å². The molecular formula is C23H20N2O3. The summed E-state index contributed by atoms with van der Waals surface area (Å²) in [6.07, 6.45) is 1.74. The third kappa shape index (κ3) is 3.34. The molecule has 5 heteroatoms. The van der Waals surface area contributed by atoms with E-state index < -0.39 is 0 Å². The summed E-state index contributed by atoms with van der Waals surface area (Å²) in [4.78, 5) is 24.9. The van der Waals surface area contributed by atoms with Gasteiger partial charge in [0.25, 0.3) is 11.5 Å². The van der Waals surface area contributed by atoms with E-state index in [2.05, 4.69) is 5.32 Å². The minimum atomic E-state index is -0.254. The molecule has 0 aliphatic rings. The van der Waals surface area contributed by atoms with Gasteiger partial charge >= 0.3 is 0 Å². The van der Waals surface area contributed by atoms with Crippen molar-refractivity contribution in [1.29, 1.82) is 0 Å². The van der Waals surface area contributed by atoms with Crippen LogP contribution in [0.15, 0.2) is 77.7 Å². The quantitative estimate of drug-likeness (QED) is 0.571. The average Bonchev–Trinajstić information content (AvgIpc) is 2.73. The molecule has 28 heavy (non-hydrogen) atoms. The zero-order valence-corrected chi connectivity index (χ0v) is 15.5. The lowest BCUT2D eigenvalue weighted by atomic mass is 10.1. The van der Waals surface area contributed by atoms with Gasteiger partial charge in [0.1, 0.15) is 5.75 Å². The number of carbonyl (C=O) groups is 1. The molecule has 1 heterocycles. The fraction of sp³-hybridized carbons (Fsp3) is 0.130. The van der Waals surface area contributed by atoms with Crippen molar-refractivity contribution in [2.75, 3.05) is 11.9 Å². The SMILES string of the molecule is CCn1ccc2c(OCC(=O)Nc3cccc4ccccc34)cccc2c1=O. The van der Waals surface area contributed by atoms with Crippen molar-refractivity contribution in [2.24, 2.45) is 0 Å². The Kier molecular flexibility index (Phi) is 4.81. The van der Waals surface area contributed by atoms with E-state index in [9.17, 15) is 9.59 Å². The van der Waals surface area contributed by atoms with Gasteiger partial charge in [0.05, 0.1) is 5.39 Å². The normalized spacial score (nSPS) is 10.9. The zero-order chi connectivity index (χ0) is 19.5. The van der Waals surface area contributed by atoms with Crippen molar-refractivity contribution in [3.05, 3.63) is 83.3 Å². The maximum Gasteiger partial charge on any atom is 0.262 e. The fourth-order valence-electron chi connectivity index (χ4n) is 3.33. The summed E-state index contributed by atoms with van der Waals surface area (Å²) in [6.45, 7) is 2.39. The number of carbonyl (C=O) groups excluding carboxylic acids is 1. The molecule has 0 spiro atoms. The predicted octanol–water partition coefficient (Wildman–Crippen LogP) is 4.19. The van der Waals surface area contributed by atoms with Gasteiger partial charge < -0.3 is 14.6 Å². The molecule has 1 N–H and O–H groups in total. The Balaban J connectivity index is 1.54. The standard InChI is InChI=1S/C23H20N2O3/c1-2-25-14-13-18-19(23(25)27)10-6-12-21(18)28-15-22(26)24-20-11-5-8-16-7-3-4-9-17(16)20/h3-14H,2,15H2,1H3,(H,24,26). The number of aryl methyl sites for hydroxylation is 1. The number of aromatic nitrogens is 1. The van der Waals surface area contributed by atoms with E-state index in [1.165, 1.54) is 0 Å². The number of anilines is 1. The minimum absolute atomic E-state index is 0.0642. The van der Waals surface area contributed by atoms with Crippen LogP contribution in [0.1, 0.15) is 6.92 Å². The van der Waals surface area contributed by atoms with E-state index >= 15 is 0 Å². The van der Waals surface area contributed by atoms with Crippen LogP contribution in [0.4, 0.5) is 5.69 Å². The van der Waals surface area contributed by atoms with E-state index in [0.29, 0.717) is 23.1 Å². The first-order valence-corrected chi connectivity index (χ1v) is 9.20. The molecule has 0 saturated heterocycles. The zero-order valence-electron chi connectivity index (χ0n) is 15.5. The largest absolute Gasteiger partial charge is 0.483 e. The summed E-state index contributed by atoms with van der Waals surface area (Å²) < 4.78 is 7.37. The van der Waals surface area contributed by atoms with E-state index in [1.807, 2.05) is 55.5 Å². The van der Waals surface area contributed by atoms with E-state index in [-0.39, 0.29) is 18.1 Å². The van der Waals surface area contributed by atoms with Gasteiger partial charge in [-0.3, -0.25) is 9.59 Å². The van der Waals surface area contributed by atoms with Crippen LogP contribution in [0.2, 0.25) is 0 Å². The average molecular weight is 372 g/mol. The number of fused-ring (bicyclic) bond motifs is 2. The van der Waals surface area contributed by atoms with Crippen LogP contribution < -0.4 is 15.6 Å². The highest BCUT2D eigenvalue weighted by atomic mass is 16.5. The molecule has 3 aromatic carbocycles. The third-order valence-corrected chi connectivity index (χ3v) is 4.74. The number of nitrogens with one attached hydrogen (secondary N) is 1. The summed E-state index contributed by atoms with van der Waals surface area (Å²) in [5, 5.41) is 6.22. The fourth-order valence-corrected chi connectivity index (χ4v) is 3.33. The maximum atomic E-state index is 12.4. The molecule has 0 aliphatic carbocycles. The van der Waals surface area contributed by atoms with Crippen molar-refractivity contribution >= 4 is 33.1 Å². The lowest BCUT2D eigenvalue weighted by Crippen LogP contribution is -2.21. The van der Waals surface area contributed by atoms with Gasteiger partial charge in [-0.15, -0.1) is 0 Å². The second-order valence-corrected chi connectivity index (χ2v) is 6.49. The molecule has 4 aromatic rings. The first-order chi connectivity index (χ1) is 13.7. The van der Waals surface area contributed by atoms with Crippen LogP contribution in [-0.2, 0) is 11.3 Å². The Morgan fingerprint density at radius 1 is 0.929 bits per heavy atom. The smallest absolute Gasteiger partial charge is 0.262 e. The summed E-state index contributed by atoms with van der Waals surface area (Å²) in [6, 6.07) is 20.8. The number of amides is 1. The maximum absolute atomic E-state index is 12.4. The van der Waals surface area contributed by atoms with Gasteiger partial charge in [-0.05, 0) is 36.6 Å². The topological polar surface area (TPSA) is 60.3 Å². The van der Waals surface area contributed by atoms with Gasteiger partial charge in [0.2, 0.25) is 0 Å². The molecule has 0 atom stereocenters. The molecule has 140 valence electrons. The summed E-state index contributed by atoms with van der Waals surface area (Å²) in [7, 11) is 0. The highest BCUT2D eigenvalue weighted by Gasteiger charge is 2.10. The Morgan fingerprint density at radius 2 is 1.68 bits per heavy atom. The second kappa shape index (κ2) is 7.56. The molecule has 0 unspecified atom stereocenters. The van der Waals surface area contributed by atoms with Gasteiger partial charge in [-0.25, -0.2) is 0 Å². The van der Waals surface area contributed by atoms with Crippen LogP contribution in [0.3, 0.4) is 0 Å². The number of benzene rings is 3.